The van der Waals surface area contributed by atoms with E-state index >= 15 is 0 Å². The van der Waals surface area contributed by atoms with Gasteiger partial charge in [-0.1, -0.05) is 18.2 Å². The van der Waals surface area contributed by atoms with Crippen LogP contribution in [0.5, 0.6) is 5.75 Å². The van der Waals surface area contributed by atoms with Crippen molar-refractivity contribution in [3.05, 3.63) is 60.4 Å². The fraction of sp³-hybridized carbons (Fsp3) is 0.235. The number of rotatable bonds is 4. The number of carbonyl (C=O) groups excluding carboxylic acids is 1. The molecule has 1 atom stereocenters. The Hall–Kier alpha value is -2.56. The van der Waals surface area contributed by atoms with Crippen LogP contribution in [-0.2, 0) is 9.53 Å². The number of carbonyl (C=O) groups is 1. The number of anilines is 1. The molecule has 114 valence electrons. The van der Waals surface area contributed by atoms with Gasteiger partial charge < -0.3 is 14.4 Å². The molecule has 4 nitrogen and oxygen atoms in total. The highest BCUT2D eigenvalue weighted by Gasteiger charge is 2.27. The zero-order valence-electron chi connectivity index (χ0n) is 11.9. The normalized spacial score (nSPS) is 18.0. The molecule has 3 rings (SSSR count). The zero-order valence-corrected chi connectivity index (χ0v) is 11.9. The highest BCUT2D eigenvalue weighted by molar-refractivity contribution is 5.77. The second kappa shape index (κ2) is 6.47. The van der Waals surface area contributed by atoms with Gasteiger partial charge in [-0.3, -0.25) is 4.79 Å². The number of hydrogen-bond donors (Lipinski definition) is 0. The van der Waals surface area contributed by atoms with E-state index in [1.54, 1.807) is 12.1 Å². The Balaban J connectivity index is 1.61. The largest absolute Gasteiger partial charge is 0.490 e. The first-order valence-corrected chi connectivity index (χ1v) is 7.08. The number of ether oxygens (including phenoxy) is 2. The summed E-state index contributed by atoms with van der Waals surface area (Å²) < 4.78 is 23.7. The molecule has 0 spiro atoms. The van der Waals surface area contributed by atoms with Crippen molar-refractivity contribution in [1.29, 1.82) is 0 Å². The van der Waals surface area contributed by atoms with Crippen molar-refractivity contribution in [3.63, 3.8) is 0 Å². The van der Waals surface area contributed by atoms with Crippen molar-refractivity contribution in [3.8, 4) is 5.75 Å². The minimum atomic E-state index is -0.355. The second-order valence-electron chi connectivity index (χ2n) is 5.09. The Labute approximate surface area is 128 Å². The quantitative estimate of drug-likeness (QED) is 0.814. The minimum absolute atomic E-state index is 0.233. The number of benzene rings is 2. The third-order valence-electron chi connectivity index (χ3n) is 3.41. The van der Waals surface area contributed by atoms with E-state index in [4.69, 9.17) is 9.47 Å². The summed E-state index contributed by atoms with van der Waals surface area (Å²) in [6.07, 6.45) is -0.355. The van der Waals surface area contributed by atoms with Crippen molar-refractivity contribution in [2.45, 2.75) is 6.10 Å². The molecular weight excluding hydrogens is 285 g/mol. The summed E-state index contributed by atoms with van der Waals surface area (Å²) in [7, 11) is 0. The van der Waals surface area contributed by atoms with Gasteiger partial charge in [0.1, 0.15) is 24.7 Å². The van der Waals surface area contributed by atoms with Gasteiger partial charge in [0.15, 0.2) is 6.10 Å². The van der Waals surface area contributed by atoms with Gasteiger partial charge >= 0.3 is 5.97 Å². The number of hydrogen-bond acceptors (Lipinski definition) is 4. The minimum Gasteiger partial charge on any atom is -0.490 e. The Morgan fingerprint density at radius 2 is 1.86 bits per heavy atom. The van der Waals surface area contributed by atoms with Gasteiger partial charge in [-0.05, 0) is 36.4 Å². The van der Waals surface area contributed by atoms with Crippen molar-refractivity contribution >= 4 is 11.7 Å². The molecule has 0 aliphatic carbocycles. The van der Waals surface area contributed by atoms with Crippen LogP contribution in [0.3, 0.4) is 0 Å². The SMILES string of the molecule is O=C1CN(c2ccccc2)CC(COc2ccc(F)cc2)O1. The van der Waals surface area contributed by atoms with Crippen LogP contribution < -0.4 is 9.64 Å². The molecule has 1 aliphatic heterocycles. The lowest BCUT2D eigenvalue weighted by Crippen LogP contribution is -2.47. The zero-order chi connectivity index (χ0) is 15.4. The van der Waals surface area contributed by atoms with Crippen molar-refractivity contribution in [2.24, 2.45) is 0 Å². The molecule has 0 amide bonds. The highest BCUT2D eigenvalue weighted by atomic mass is 19.1. The maximum Gasteiger partial charge on any atom is 0.326 e. The molecule has 1 saturated heterocycles. The molecule has 0 saturated carbocycles. The third kappa shape index (κ3) is 3.55. The van der Waals surface area contributed by atoms with Gasteiger partial charge in [0.25, 0.3) is 0 Å². The van der Waals surface area contributed by atoms with Gasteiger partial charge in [0, 0.05) is 5.69 Å². The topological polar surface area (TPSA) is 38.8 Å². The van der Waals surface area contributed by atoms with Gasteiger partial charge in [0.2, 0.25) is 0 Å². The maximum absolute atomic E-state index is 12.8. The molecule has 1 aliphatic rings. The molecule has 1 unspecified atom stereocenters. The molecule has 0 aromatic heterocycles. The number of cyclic esters (lactones) is 1. The predicted molar refractivity (Wildman–Crippen MR) is 80.4 cm³/mol. The van der Waals surface area contributed by atoms with Crippen LogP contribution in [0, 0.1) is 5.82 Å². The van der Waals surface area contributed by atoms with Crippen LogP contribution in [0.1, 0.15) is 0 Å². The summed E-state index contributed by atoms with van der Waals surface area (Å²) >= 11 is 0. The summed E-state index contributed by atoms with van der Waals surface area (Å²) in [6.45, 7) is 1.04. The average molecular weight is 301 g/mol. The van der Waals surface area contributed by atoms with Gasteiger partial charge in [-0.25, -0.2) is 4.39 Å². The fourth-order valence-electron chi connectivity index (χ4n) is 2.37. The smallest absolute Gasteiger partial charge is 0.326 e. The fourth-order valence-corrected chi connectivity index (χ4v) is 2.37. The molecule has 2 aromatic rings. The number of para-hydroxylation sites is 1. The van der Waals surface area contributed by atoms with Gasteiger partial charge in [0.05, 0.1) is 6.54 Å². The number of halogens is 1. The van der Waals surface area contributed by atoms with Gasteiger partial charge in [-0.15, -0.1) is 0 Å². The third-order valence-corrected chi connectivity index (χ3v) is 3.41. The van der Waals surface area contributed by atoms with E-state index in [9.17, 15) is 9.18 Å². The molecule has 1 fully saturated rings. The van der Waals surface area contributed by atoms with Crippen LogP contribution in [0.2, 0.25) is 0 Å². The molecule has 0 radical (unpaired) electrons. The lowest BCUT2D eigenvalue weighted by atomic mass is 10.2. The van der Waals surface area contributed by atoms with Gasteiger partial charge in [-0.2, -0.15) is 0 Å². The summed E-state index contributed by atoms with van der Waals surface area (Å²) in [5.74, 6) is -0.0382. The Kier molecular flexibility index (Phi) is 4.23. The molecule has 0 N–H and O–H groups in total. The standard InChI is InChI=1S/C17H16FNO3/c18-13-6-8-15(9-7-13)21-12-16-10-19(11-17(20)22-16)14-4-2-1-3-5-14/h1-9,16H,10-12H2. The van der Waals surface area contributed by atoms with E-state index in [1.807, 2.05) is 35.2 Å². The second-order valence-corrected chi connectivity index (χ2v) is 5.09. The summed E-state index contributed by atoms with van der Waals surface area (Å²) in [4.78, 5) is 13.7. The van der Waals surface area contributed by atoms with E-state index in [2.05, 4.69) is 0 Å². The van der Waals surface area contributed by atoms with Crippen LogP contribution in [-0.4, -0.2) is 31.8 Å². The summed E-state index contributed by atoms with van der Waals surface area (Å²) in [5.41, 5.74) is 0.978. The first-order valence-electron chi connectivity index (χ1n) is 7.08. The summed E-state index contributed by atoms with van der Waals surface area (Å²) in [6, 6.07) is 15.5. The summed E-state index contributed by atoms with van der Waals surface area (Å²) in [5, 5.41) is 0. The molecule has 1 heterocycles. The van der Waals surface area contributed by atoms with Crippen LogP contribution >= 0.6 is 0 Å². The van der Waals surface area contributed by atoms with E-state index < -0.39 is 0 Å². The van der Waals surface area contributed by atoms with E-state index in [0.717, 1.165) is 5.69 Å². The lowest BCUT2D eigenvalue weighted by molar-refractivity contribution is -0.151. The number of nitrogens with zero attached hydrogens (tertiary/aromatic N) is 1. The van der Waals surface area contributed by atoms with Crippen LogP contribution in [0.4, 0.5) is 10.1 Å². The van der Waals surface area contributed by atoms with E-state index in [0.29, 0.717) is 12.3 Å². The highest BCUT2D eigenvalue weighted by Crippen LogP contribution is 2.19. The maximum atomic E-state index is 12.8. The van der Waals surface area contributed by atoms with E-state index in [1.165, 1.54) is 12.1 Å². The molecule has 22 heavy (non-hydrogen) atoms. The Morgan fingerprint density at radius 1 is 1.14 bits per heavy atom. The Bertz CT molecular complexity index is 630. The monoisotopic (exact) mass is 301 g/mol. The van der Waals surface area contributed by atoms with Crippen molar-refractivity contribution in [1.82, 2.24) is 0 Å². The van der Waals surface area contributed by atoms with Crippen molar-refractivity contribution in [2.75, 3.05) is 24.6 Å². The predicted octanol–water partition coefficient (Wildman–Crippen LogP) is 2.64. The Morgan fingerprint density at radius 3 is 2.59 bits per heavy atom. The lowest BCUT2D eigenvalue weighted by Gasteiger charge is -2.33. The van der Waals surface area contributed by atoms with Crippen molar-refractivity contribution < 1.29 is 18.7 Å². The number of esters is 1. The van der Waals surface area contributed by atoms with Crippen LogP contribution in [0.25, 0.3) is 0 Å². The molecule has 5 heteroatoms. The molecule has 0 bridgehead atoms. The van der Waals surface area contributed by atoms with Crippen LogP contribution in [0.15, 0.2) is 54.6 Å². The first-order chi connectivity index (χ1) is 10.7. The number of morpholine rings is 1. The van der Waals surface area contributed by atoms with E-state index in [-0.39, 0.29) is 31.0 Å². The average Bonchev–Trinajstić information content (AvgIpc) is 2.55. The first kappa shape index (κ1) is 14.4. The molecular formula is C17H16FNO3. The molecule has 2 aromatic carbocycles.